The molecule has 0 aromatic heterocycles. The van der Waals surface area contributed by atoms with Gasteiger partial charge in [0.15, 0.2) is 16.6 Å². The standard InChI is InChI=1S/C42H76O5Si2/c1-31(18-16-25-41(8,9)45-30-44-11)35-22-23-36-33(19-17-26-42(35,36)10)21-20-32-28-37(46-48(12,13)39(2,3)4)34(24-27-43)38(29-32)47-49(14,15)40(5,6)7/h16,18,20-21,24,31,35-38,43H,17,19,22-23,25-30H2,1-15H3/t31-,35?,36?,37-,38-,42?/m1/s1. The van der Waals surface area contributed by atoms with Crippen LogP contribution < -0.4 is 0 Å². The van der Waals surface area contributed by atoms with Gasteiger partial charge < -0.3 is 23.4 Å². The van der Waals surface area contributed by atoms with Crippen molar-refractivity contribution < 1.29 is 23.4 Å². The molecular weight excluding hydrogens is 641 g/mol. The number of hydrogen-bond donors (Lipinski definition) is 1. The summed E-state index contributed by atoms with van der Waals surface area (Å²) >= 11 is 0. The van der Waals surface area contributed by atoms with E-state index in [0.29, 0.717) is 30.0 Å². The number of aliphatic hydroxyl groups excluding tert-OH is 1. The first-order chi connectivity index (χ1) is 22.5. The number of aliphatic hydroxyl groups is 1. The van der Waals surface area contributed by atoms with Crippen molar-refractivity contribution in [1.29, 1.82) is 0 Å². The lowest BCUT2D eigenvalue weighted by molar-refractivity contribution is -0.112. The first-order valence-corrected chi connectivity index (χ1v) is 25.1. The first kappa shape index (κ1) is 42.6. The molecule has 0 aromatic carbocycles. The van der Waals surface area contributed by atoms with Gasteiger partial charge in [-0.1, -0.05) is 96.9 Å². The van der Waals surface area contributed by atoms with Crippen molar-refractivity contribution in [3.63, 3.8) is 0 Å². The van der Waals surface area contributed by atoms with Gasteiger partial charge in [-0.15, -0.1) is 0 Å². The molecule has 0 aromatic rings. The molecule has 282 valence electrons. The van der Waals surface area contributed by atoms with Crippen LogP contribution in [0.15, 0.2) is 47.1 Å². The van der Waals surface area contributed by atoms with Gasteiger partial charge in [-0.05, 0) is 130 Å². The molecule has 7 heteroatoms. The molecular formula is C42H76O5Si2. The predicted molar refractivity (Wildman–Crippen MR) is 213 cm³/mol. The second kappa shape index (κ2) is 16.5. The van der Waals surface area contributed by atoms with Crippen molar-refractivity contribution in [3.8, 4) is 0 Å². The van der Waals surface area contributed by atoms with Gasteiger partial charge in [-0.3, -0.25) is 0 Å². The largest absolute Gasteiger partial charge is 0.410 e. The van der Waals surface area contributed by atoms with Gasteiger partial charge >= 0.3 is 0 Å². The molecule has 3 aliphatic carbocycles. The summed E-state index contributed by atoms with van der Waals surface area (Å²) in [6, 6.07) is 0. The van der Waals surface area contributed by atoms with E-state index in [1.807, 2.05) is 6.08 Å². The van der Waals surface area contributed by atoms with E-state index in [-0.39, 0.29) is 34.5 Å². The molecule has 3 rings (SSSR count). The molecule has 0 aliphatic heterocycles. The van der Waals surface area contributed by atoms with Gasteiger partial charge in [0.25, 0.3) is 0 Å². The summed E-state index contributed by atoms with van der Waals surface area (Å²) in [4.78, 5) is 0. The third-order valence-corrected chi connectivity index (χ3v) is 22.2. The summed E-state index contributed by atoms with van der Waals surface area (Å²) in [6.07, 6.45) is 20.7. The Morgan fingerprint density at radius 1 is 0.898 bits per heavy atom. The van der Waals surface area contributed by atoms with E-state index in [2.05, 4.69) is 120 Å². The Kier molecular flexibility index (Phi) is 14.3. The SMILES string of the molecule is COCOC(C)(C)CC=C[C@@H](C)C1CCC2C(=CC=C3C[C@@H](O[Si](C)(C)C(C)(C)C)C(=CCO)[C@H](O[Si](C)(C)C(C)(C)C)C3)CCCC21C. The van der Waals surface area contributed by atoms with Crippen molar-refractivity contribution in [1.82, 2.24) is 0 Å². The van der Waals surface area contributed by atoms with Crippen LogP contribution in [0.5, 0.6) is 0 Å². The van der Waals surface area contributed by atoms with E-state index in [1.54, 1.807) is 12.7 Å². The summed E-state index contributed by atoms with van der Waals surface area (Å²) in [6.45, 7) is 32.9. The molecule has 3 fully saturated rings. The van der Waals surface area contributed by atoms with Gasteiger partial charge in [-0.2, -0.15) is 0 Å². The van der Waals surface area contributed by atoms with Crippen molar-refractivity contribution in [3.05, 3.63) is 47.1 Å². The minimum Gasteiger partial charge on any atom is -0.410 e. The lowest BCUT2D eigenvalue weighted by Crippen LogP contribution is -2.50. The number of methoxy groups -OCH3 is 1. The predicted octanol–water partition coefficient (Wildman–Crippen LogP) is 11.5. The third kappa shape index (κ3) is 10.6. The fraction of sp³-hybridized carbons (Fsp3) is 0.810. The van der Waals surface area contributed by atoms with Gasteiger partial charge in [0.1, 0.15) is 6.79 Å². The van der Waals surface area contributed by atoms with E-state index >= 15 is 0 Å². The minimum absolute atomic E-state index is 0.0154. The Morgan fingerprint density at radius 2 is 1.47 bits per heavy atom. The maximum atomic E-state index is 10.2. The zero-order valence-corrected chi connectivity index (χ0v) is 36.4. The molecule has 3 unspecified atom stereocenters. The minimum atomic E-state index is -2.07. The van der Waals surface area contributed by atoms with Crippen LogP contribution in [-0.2, 0) is 18.3 Å². The molecule has 3 saturated carbocycles. The quantitative estimate of drug-likeness (QED) is 0.117. The Morgan fingerprint density at radius 3 is 1.98 bits per heavy atom. The van der Waals surface area contributed by atoms with Crippen LogP contribution in [0.1, 0.15) is 121 Å². The molecule has 0 spiro atoms. The lowest BCUT2D eigenvalue weighted by atomic mass is 9.61. The maximum absolute atomic E-state index is 10.2. The zero-order chi connectivity index (χ0) is 37.1. The number of allylic oxidation sites excluding steroid dienone is 4. The van der Waals surface area contributed by atoms with E-state index in [0.717, 1.165) is 24.8 Å². The van der Waals surface area contributed by atoms with Crippen molar-refractivity contribution in [2.24, 2.45) is 23.2 Å². The molecule has 0 radical (unpaired) electrons. The molecule has 49 heavy (non-hydrogen) atoms. The summed E-state index contributed by atoms with van der Waals surface area (Å²) < 4.78 is 25.4. The van der Waals surface area contributed by atoms with Gasteiger partial charge in [0.05, 0.1) is 24.4 Å². The Hall–Kier alpha value is -0.806. The van der Waals surface area contributed by atoms with Crippen LogP contribution in [0.3, 0.4) is 0 Å². The summed E-state index contributed by atoms with van der Waals surface area (Å²) in [5.41, 5.74) is 4.34. The number of fused-ring (bicyclic) bond motifs is 1. The summed E-state index contributed by atoms with van der Waals surface area (Å²) in [7, 11) is -2.47. The van der Waals surface area contributed by atoms with Crippen LogP contribution in [0.4, 0.5) is 0 Å². The van der Waals surface area contributed by atoms with E-state index in [4.69, 9.17) is 18.3 Å². The Bertz CT molecular complexity index is 1170. The fourth-order valence-electron chi connectivity index (χ4n) is 8.14. The highest BCUT2D eigenvalue weighted by Gasteiger charge is 2.50. The smallest absolute Gasteiger partial charge is 0.192 e. The van der Waals surface area contributed by atoms with E-state index in [1.165, 1.54) is 37.7 Å². The van der Waals surface area contributed by atoms with Crippen molar-refractivity contribution in [2.75, 3.05) is 20.5 Å². The molecule has 0 bridgehead atoms. The molecule has 1 N–H and O–H groups in total. The maximum Gasteiger partial charge on any atom is 0.192 e. The Balaban J connectivity index is 1.90. The molecule has 6 atom stereocenters. The molecule has 0 saturated heterocycles. The van der Waals surface area contributed by atoms with Gasteiger partial charge in [0, 0.05) is 7.11 Å². The Labute approximate surface area is 304 Å². The highest BCUT2D eigenvalue weighted by molar-refractivity contribution is 6.74. The number of rotatable bonds is 13. The fourth-order valence-corrected chi connectivity index (χ4v) is 10.7. The summed E-state index contributed by atoms with van der Waals surface area (Å²) in [5, 5.41) is 10.4. The molecule has 0 heterocycles. The second-order valence-electron chi connectivity index (χ2n) is 19.5. The lowest BCUT2D eigenvalue weighted by Gasteiger charge is -2.46. The van der Waals surface area contributed by atoms with Crippen LogP contribution in [0.2, 0.25) is 36.3 Å². The first-order valence-electron chi connectivity index (χ1n) is 19.3. The van der Waals surface area contributed by atoms with Crippen LogP contribution in [0.25, 0.3) is 0 Å². The van der Waals surface area contributed by atoms with Crippen LogP contribution in [-0.4, -0.2) is 60.1 Å². The normalized spacial score (nSPS) is 29.1. The van der Waals surface area contributed by atoms with Crippen LogP contribution in [0, 0.1) is 23.2 Å². The monoisotopic (exact) mass is 717 g/mol. The highest BCUT2D eigenvalue weighted by Crippen LogP contribution is 2.59. The van der Waals surface area contributed by atoms with Gasteiger partial charge in [0.2, 0.25) is 0 Å². The van der Waals surface area contributed by atoms with Crippen molar-refractivity contribution >= 4 is 16.6 Å². The molecule has 0 amide bonds. The van der Waals surface area contributed by atoms with E-state index < -0.39 is 16.6 Å². The third-order valence-electron chi connectivity index (χ3n) is 13.3. The number of ether oxygens (including phenoxy) is 2. The molecule has 3 aliphatic rings. The van der Waals surface area contributed by atoms with Crippen LogP contribution >= 0.6 is 0 Å². The summed E-state index contributed by atoms with van der Waals surface area (Å²) in [5.74, 6) is 1.88. The molecule has 5 nitrogen and oxygen atoms in total. The average Bonchev–Trinajstić information content (AvgIpc) is 3.32. The topological polar surface area (TPSA) is 57.2 Å². The average molecular weight is 717 g/mol. The number of hydrogen-bond acceptors (Lipinski definition) is 5. The zero-order valence-electron chi connectivity index (χ0n) is 34.4. The highest BCUT2D eigenvalue weighted by atomic mass is 28.4. The van der Waals surface area contributed by atoms with Crippen molar-refractivity contribution in [2.45, 2.75) is 175 Å². The van der Waals surface area contributed by atoms with E-state index in [9.17, 15) is 5.11 Å². The van der Waals surface area contributed by atoms with Gasteiger partial charge in [-0.25, -0.2) is 0 Å². The second-order valence-corrected chi connectivity index (χ2v) is 29.0.